The van der Waals surface area contributed by atoms with Gasteiger partial charge in [-0.15, -0.1) is 0 Å². The summed E-state index contributed by atoms with van der Waals surface area (Å²) >= 11 is 0. The zero-order valence-corrected chi connectivity index (χ0v) is 7.22. The molecule has 0 aliphatic carbocycles. The van der Waals surface area contributed by atoms with Crippen LogP contribution in [0.25, 0.3) is 0 Å². The van der Waals surface area contributed by atoms with E-state index in [-0.39, 0.29) is 0 Å². The standard InChI is InChI=1S/C9H17N/c1-4-6-9(7-5-2)8-10-3/h6,8H,4-5,7H2,1-3H3/b9-6-,10-8?. The topological polar surface area (TPSA) is 12.4 Å². The molecule has 0 saturated carbocycles. The van der Waals surface area contributed by atoms with Crippen LogP contribution in [-0.2, 0) is 0 Å². The maximum atomic E-state index is 3.98. The van der Waals surface area contributed by atoms with E-state index in [1.165, 1.54) is 12.0 Å². The predicted octanol–water partition coefficient (Wildman–Crippen LogP) is 2.82. The second-order valence-electron chi connectivity index (χ2n) is 2.32. The highest BCUT2D eigenvalue weighted by molar-refractivity contribution is 5.78. The van der Waals surface area contributed by atoms with Crippen LogP contribution < -0.4 is 0 Å². The van der Waals surface area contributed by atoms with Crippen molar-refractivity contribution < 1.29 is 0 Å². The molecule has 0 bridgehead atoms. The van der Waals surface area contributed by atoms with Crippen molar-refractivity contribution in [3.8, 4) is 0 Å². The molecule has 0 radical (unpaired) electrons. The Morgan fingerprint density at radius 2 is 2.10 bits per heavy atom. The summed E-state index contributed by atoms with van der Waals surface area (Å²) in [4.78, 5) is 3.98. The molecule has 0 spiro atoms. The number of rotatable bonds is 4. The van der Waals surface area contributed by atoms with Gasteiger partial charge < -0.3 is 0 Å². The second kappa shape index (κ2) is 6.53. The van der Waals surface area contributed by atoms with Crippen LogP contribution in [0.4, 0.5) is 0 Å². The molecule has 0 aromatic carbocycles. The van der Waals surface area contributed by atoms with Crippen LogP contribution in [0.1, 0.15) is 33.1 Å². The minimum atomic E-state index is 1.11. The Bertz CT molecular complexity index is 123. The van der Waals surface area contributed by atoms with Crippen molar-refractivity contribution in [2.45, 2.75) is 33.1 Å². The number of nitrogens with zero attached hydrogens (tertiary/aromatic N) is 1. The highest BCUT2D eigenvalue weighted by Crippen LogP contribution is 2.02. The molecule has 0 aliphatic heterocycles. The molecule has 0 heterocycles. The molecule has 0 aliphatic rings. The Labute approximate surface area is 63.9 Å². The van der Waals surface area contributed by atoms with Crippen LogP contribution in [0.3, 0.4) is 0 Å². The Kier molecular flexibility index (Phi) is 6.14. The van der Waals surface area contributed by atoms with E-state index in [1.807, 2.05) is 13.3 Å². The highest BCUT2D eigenvalue weighted by Gasteiger charge is 1.87. The van der Waals surface area contributed by atoms with Crippen LogP contribution in [0, 0.1) is 0 Å². The largest absolute Gasteiger partial charge is 0.296 e. The van der Waals surface area contributed by atoms with Crippen molar-refractivity contribution in [2.75, 3.05) is 7.05 Å². The first-order valence-electron chi connectivity index (χ1n) is 3.96. The fourth-order valence-corrected chi connectivity index (χ4v) is 0.936. The number of allylic oxidation sites excluding steroid dienone is 2. The molecule has 0 fully saturated rings. The lowest BCUT2D eigenvalue weighted by Crippen LogP contribution is -1.83. The summed E-state index contributed by atoms with van der Waals surface area (Å²) in [5.41, 5.74) is 1.37. The van der Waals surface area contributed by atoms with Crippen molar-refractivity contribution in [1.29, 1.82) is 0 Å². The first-order valence-corrected chi connectivity index (χ1v) is 3.96. The molecule has 10 heavy (non-hydrogen) atoms. The maximum absolute atomic E-state index is 3.98. The normalized spacial score (nSPS) is 12.9. The molecule has 0 unspecified atom stereocenters. The van der Waals surface area contributed by atoms with Crippen molar-refractivity contribution in [2.24, 2.45) is 4.99 Å². The number of hydrogen-bond donors (Lipinski definition) is 0. The summed E-state index contributed by atoms with van der Waals surface area (Å²) < 4.78 is 0. The molecule has 0 N–H and O–H groups in total. The van der Waals surface area contributed by atoms with Gasteiger partial charge in [0.05, 0.1) is 0 Å². The Balaban J connectivity index is 3.84. The van der Waals surface area contributed by atoms with E-state index >= 15 is 0 Å². The van der Waals surface area contributed by atoms with E-state index in [0.29, 0.717) is 0 Å². The molecular weight excluding hydrogens is 122 g/mol. The Hall–Kier alpha value is -0.590. The van der Waals surface area contributed by atoms with Gasteiger partial charge in [0.1, 0.15) is 0 Å². The molecule has 0 saturated heterocycles. The maximum Gasteiger partial charge on any atom is 0.0277 e. The predicted molar refractivity (Wildman–Crippen MR) is 47.7 cm³/mol. The molecule has 0 amide bonds. The SMILES string of the molecule is CC/C=C(\C=NC)CCC. The number of aliphatic imine (C=N–C) groups is 1. The molecule has 0 atom stereocenters. The summed E-state index contributed by atoms with van der Waals surface area (Å²) in [6.45, 7) is 4.34. The number of hydrogen-bond acceptors (Lipinski definition) is 1. The summed E-state index contributed by atoms with van der Waals surface area (Å²) in [6, 6.07) is 0. The molecular formula is C9H17N. The van der Waals surface area contributed by atoms with Crippen LogP contribution in [-0.4, -0.2) is 13.3 Å². The smallest absolute Gasteiger partial charge is 0.0277 e. The minimum absolute atomic E-state index is 1.11. The summed E-state index contributed by atoms with van der Waals surface area (Å²) in [5, 5.41) is 0. The molecule has 58 valence electrons. The average molecular weight is 139 g/mol. The third kappa shape index (κ3) is 4.30. The van der Waals surface area contributed by atoms with Gasteiger partial charge in [-0.2, -0.15) is 0 Å². The van der Waals surface area contributed by atoms with Crippen LogP contribution >= 0.6 is 0 Å². The lowest BCUT2D eigenvalue weighted by Gasteiger charge is -1.95. The van der Waals surface area contributed by atoms with Crippen molar-refractivity contribution in [1.82, 2.24) is 0 Å². The van der Waals surface area contributed by atoms with Gasteiger partial charge in [-0.05, 0) is 18.4 Å². The van der Waals surface area contributed by atoms with E-state index in [9.17, 15) is 0 Å². The molecule has 0 rings (SSSR count). The third-order valence-corrected chi connectivity index (χ3v) is 1.30. The fourth-order valence-electron chi connectivity index (χ4n) is 0.936. The monoisotopic (exact) mass is 139 g/mol. The highest BCUT2D eigenvalue weighted by atomic mass is 14.6. The van der Waals surface area contributed by atoms with Gasteiger partial charge in [0.2, 0.25) is 0 Å². The first kappa shape index (κ1) is 9.41. The van der Waals surface area contributed by atoms with Crippen molar-refractivity contribution in [3.63, 3.8) is 0 Å². The average Bonchev–Trinajstić information content (AvgIpc) is 1.90. The summed E-state index contributed by atoms with van der Waals surface area (Å²) in [5.74, 6) is 0. The van der Waals surface area contributed by atoms with E-state index in [1.54, 1.807) is 0 Å². The molecule has 1 heteroatoms. The molecule has 0 aromatic heterocycles. The first-order chi connectivity index (χ1) is 4.85. The lowest BCUT2D eigenvalue weighted by atomic mass is 10.1. The van der Waals surface area contributed by atoms with E-state index in [0.717, 1.165) is 12.8 Å². The zero-order chi connectivity index (χ0) is 7.82. The van der Waals surface area contributed by atoms with E-state index in [2.05, 4.69) is 24.9 Å². The van der Waals surface area contributed by atoms with E-state index < -0.39 is 0 Å². The van der Waals surface area contributed by atoms with Crippen LogP contribution in [0.5, 0.6) is 0 Å². The van der Waals surface area contributed by atoms with Gasteiger partial charge in [-0.25, -0.2) is 0 Å². The molecule has 0 aromatic rings. The van der Waals surface area contributed by atoms with Gasteiger partial charge in [0, 0.05) is 13.3 Å². The van der Waals surface area contributed by atoms with Gasteiger partial charge in [-0.1, -0.05) is 26.3 Å². The van der Waals surface area contributed by atoms with E-state index in [4.69, 9.17) is 0 Å². The molecule has 1 nitrogen and oxygen atoms in total. The van der Waals surface area contributed by atoms with Gasteiger partial charge in [-0.3, -0.25) is 4.99 Å². The van der Waals surface area contributed by atoms with Crippen molar-refractivity contribution >= 4 is 6.21 Å². The lowest BCUT2D eigenvalue weighted by molar-refractivity contribution is 0.930. The Morgan fingerprint density at radius 3 is 2.50 bits per heavy atom. The van der Waals surface area contributed by atoms with Crippen LogP contribution in [0.2, 0.25) is 0 Å². The van der Waals surface area contributed by atoms with Gasteiger partial charge in [0.25, 0.3) is 0 Å². The zero-order valence-electron chi connectivity index (χ0n) is 7.22. The second-order valence-corrected chi connectivity index (χ2v) is 2.32. The third-order valence-electron chi connectivity index (χ3n) is 1.30. The van der Waals surface area contributed by atoms with Gasteiger partial charge >= 0.3 is 0 Å². The van der Waals surface area contributed by atoms with Gasteiger partial charge in [0.15, 0.2) is 0 Å². The van der Waals surface area contributed by atoms with Crippen LogP contribution in [0.15, 0.2) is 16.6 Å². The Morgan fingerprint density at radius 1 is 1.40 bits per heavy atom. The summed E-state index contributed by atoms with van der Waals surface area (Å²) in [6.07, 6.45) is 7.66. The quantitative estimate of drug-likeness (QED) is 0.531. The minimum Gasteiger partial charge on any atom is -0.296 e. The summed E-state index contributed by atoms with van der Waals surface area (Å²) in [7, 11) is 1.82. The fraction of sp³-hybridized carbons (Fsp3) is 0.667. The van der Waals surface area contributed by atoms with Crippen molar-refractivity contribution in [3.05, 3.63) is 11.6 Å².